The van der Waals surface area contributed by atoms with E-state index in [-0.39, 0.29) is 6.61 Å². The van der Waals surface area contributed by atoms with Gasteiger partial charge in [0.15, 0.2) is 5.76 Å². The fourth-order valence-corrected chi connectivity index (χ4v) is 1.20. The van der Waals surface area contributed by atoms with Crippen molar-refractivity contribution in [1.29, 1.82) is 0 Å². The van der Waals surface area contributed by atoms with Gasteiger partial charge in [0.25, 0.3) is 0 Å². The van der Waals surface area contributed by atoms with Gasteiger partial charge in [-0.2, -0.15) is 0 Å². The van der Waals surface area contributed by atoms with Gasteiger partial charge in [-0.25, -0.2) is 4.79 Å². The van der Waals surface area contributed by atoms with Crippen molar-refractivity contribution in [3.05, 3.63) is 52.5 Å². The minimum Gasteiger partial charge on any atom is -0.485 e. The zero-order valence-electron chi connectivity index (χ0n) is 8.23. The first kappa shape index (κ1) is 9.58. The predicted molar refractivity (Wildman–Crippen MR) is 52.8 cm³/mol. The normalized spacial score (nSPS) is 10.2. The van der Waals surface area contributed by atoms with Crippen molar-refractivity contribution < 1.29 is 13.6 Å². The lowest BCUT2D eigenvalue weighted by molar-refractivity contribution is 0.261. The Morgan fingerprint density at radius 2 is 2.13 bits per heavy atom. The third-order valence-electron chi connectivity index (χ3n) is 1.96. The number of rotatable bonds is 3. The first-order valence-corrected chi connectivity index (χ1v) is 4.51. The molecule has 0 aliphatic carbocycles. The van der Waals surface area contributed by atoms with Gasteiger partial charge >= 0.3 is 5.82 Å². The van der Waals surface area contributed by atoms with Crippen molar-refractivity contribution in [3.8, 4) is 5.75 Å². The fourth-order valence-electron chi connectivity index (χ4n) is 1.20. The lowest BCUT2D eigenvalue weighted by Gasteiger charge is -2.05. The summed E-state index contributed by atoms with van der Waals surface area (Å²) in [6, 6.07) is 7.61. The Labute approximate surface area is 86.1 Å². The van der Waals surface area contributed by atoms with Crippen molar-refractivity contribution in [3.63, 3.8) is 0 Å². The molecule has 1 heterocycles. The second-order valence-electron chi connectivity index (χ2n) is 3.11. The van der Waals surface area contributed by atoms with Crippen LogP contribution < -0.4 is 10.6 Å². The summed E-state index contributed by atoms with van der Waals surface area (Å²) in [5.41, 5.74) is 1.03. The predicted octanol–water partition coefficient (Wildman–Crippen LogP) is 2.12. The Hall–Kier alpha value is -1.97. The molecule has 2 aromatic rings. The van der Waals surface area contributed by atoms with Crippen LogP contribution in [0, 0.1) is 6.92 Å². The standard InChI is InChI=1S/C11H10O4/c1-8-4-2-3-5-10(8)13-6-9-7-14-11(12)15-9/h2-5,7H,6H2,1H3. The maximum absolute atomic E-state index is 10.6. The summed E-state index contributed by atoms with van der Waals surface area (Å²) in [6.45, 7) is 2.14. The number of benzene rings is 1. The maximum Gasteiger partial charge on any atom is 0.518 e. The van der Waals surface area contributed by atoms with Gasteiger partial charge < -0.3 is 13.6 Å². The number of aryl methyl sites for hydroxylation is 1. The zero-order chi connectivity index (χ0) is 10.7. The van der Waals surface area contributed by atoms with Crippen LogP contribution in [0.3, 0.4) is 0 Å². The van der Waals surface area contributed by atoms with E-state index in [1.54, 1.807) is 0 Å². The van der Waals surface area contributed by atoms with Crippen LogP contribution in [0.15, 0.2) is 44.2 Å². The van der Waals surface area contributed by atoms with Crippen LogP contribution in [-0.4, -0.2) is 0 Å². The Kier molecular flexibility index (Phi) is 2.58. The molecule has 2 rings (SSSR count). The third kappa shape index (κ3) is 2.28. The van der Waals surface area contributed by atoms with Crippen molar-refractivity contribution in [2.24, 2.45) is 0 Å². The molecule has 78 valence electrons. The summed E-state index contributed by atoms with van der Waals surface area (Å²) in [5.74, 6) is 0.433. The SMILES string of the molecule is Cc1ccccc1OCc1coc(=O)o1. The van der Waals surface area contributed by atoms with Gasteiger partial charge in [-0.15, -0.1) is 0 Å². The molecule has 0 spiro atoms. The molecule has 0 atom stereocenters. The van der Waals surface area contributed by atoms with E-state index in [4.69, 9.17) is 9.15 Å². The highest BCUT2D eigenvalue weighted by Crippen LogP contribution is 2.17. The van der Waals surface area contributed by atoms with Crippen LogP contribution in [-0.2, 0) is 6.61 Å². The van der Waals surface area contributed by atoms with Gasteiger partial charge in [-0.3, -0.25) is 0 Å². The zero-order valence-corrected chi connectivity index (χ0v) is 8.23. The Morgan fingerprint density at radius 3 is 2.80 bits per heavy atom. The molecule has 15 heavy (non-hydrogen) atoms. The summed E-state index contributed by atoms with van der Waals surface area (Å²) >= 11 is 0. The van der Waals surface area contributed by atoms with E-state index in [1.165, 1.54) is 6.26 Å². The highest BCUT2D eigenvalue weighted by atomic mass is 16.6. The molecular weight excluding hydrogens is 196 g/mol. The third-order valence-corrected chi connectivity index (χ3v) is 1.96. The average molecular weight is 206 g/mol. The van der Waals surface area contributed by atoms with E-state index in [0.717, 1.165) is 11.3 Å². The first-order valence-electron chi connectivity index (χ1n) is 4.51. The molecule has 0 aliphatic rings. The van der Waals surface area contributed by atoms with E-state index < -0.39 is 5.82 Å². The van der Waals surface area contributed by atoms with E-state index in [1.807, 2.05) is 31.2 Å². The molecule has 1 aromatic carbocycles. The number of ether oxygens (including phenoxy) is 1. The molecule has 0 radical (unpaired) electrons. The molecule has 0 aliphatic heterocycles. The quantitative estimate of drug-likeness (QED) is 0.771. The molecule has 0 fully saturated rings. The second-order valence-corrected chi connectivity index (χ2v) is 3.11. The molecule has 0 bridgehead atoms. The van der Waals surface area contributed by atoms with Gasteiger partial charge in [-0.1, -0.05) is 18.2 Å². The summed E-state index contributed by atoms with van der Waals surface area (Å²) in [7, 11) is 0. The van der Waals surface area contributed by atoms with Crippen LogP contribution in [0.25, 0.3) is 0 Å². The van der Waals surface area contributed by atoms with Crippen LogP contribution in [0.4, 0.5) is 0 Å². The lowest BCUT2D eigenvalue weighted by atomic mass is 10.2. The minimum atomic E-state index is -0.710. The van der Waals surface area contributed by atoms with Crippen LogP contribution >= 0.6 is 0 Å². The van der Waals surface area contributed by atoms with Crippen LogP contribution in [0.2, 0.25) is 0 Å². The summed E-state index contributed by atoms with van der Waals surface area (Å²) in [4.78, 5) is 10.6. The second kappa shape index (κ2) is 4.04. The monoisotopic (exact) mass is 206 g/mol. The van der Waals surface area contributed by atoms with Gasteiger partial charge in [0.1, 0.15) is 18.6 Å². The molecule has 1 aromatic heterocycles. The van der Waals surface area contributed by atoms with Crippen molar-refractivity contribution in [2.45, 2.75) is 13.5 Å². The molecular formula is C11H10O4. The number of para-hydroxylation sites is 1. The highest BCUT2D eigenvalue weighted by molar-refractivity contribution is 5.31. The molecule has 0 saturated heterocycles. The number of hydrogen-bond acceptors (Lipinski definition) is 4. The van der Waals surface area contributed by atoms with E-state index in [2.05, 4.69) is 4.42 Å². The fraction of sp³-hybridized carbons (Fsp3) is 0.182. The maximum atomic E-state index is 10.6. The van der Waals surface area contributed by atoms with Gasteiger partial charge in [0.2, 0.25) is 0 Å². The van der Waals surface area contributed by atoms with Gasteiger partial charge in [0, 0.05) is 0 Å². The summed E-state index contributed by atoms with van der Waals surface area (Å²) in [6.07, 6.45) is 1.25. The lowest BCUT2D eigenvalue weighted by Crippen LogP contribution is -1.96. The molecule has 0 unspecified atom stereocenters. The van der Waals surface area contributed by atoms with Crippen molar-refractivity contribution in [1.82, 2.24) is 0 Å². The summed E-state index contributed by atoms with van der Waals surface area (Å²) in [5, 5.41) is 0. The van der Waals surface area contributed by atoms with Crippen LogP contribution in [0.1, 0.15) is 11.3 Å². The molecule has 4 nitrogen and oxygen atoms in total. The van der Waals surface area contributed by atoms with Crippen molar-refractivity contribution >= 4 is 0 Å². The minimum absolute atomic E-state index is 0.191. The van der Waals surface area contributed by atoms with E-state index in [9.17, 15) is 4.79 Å². The largest absolute Gasteiger partial charge is 0.518 e. The molecule has 0 N–H and O–H groups in total. The first-order chi connectivity index (χ1) is 7.25. The average Bonchev–Trinajstić information content (AvgIpc) is 2.63. The Bertz CT molecular complexity index is 495. The number of hydrogen-bond donors (Lipinski definition) is 0. The Balaban J connectivity index is 2.05. The van der Waals surface area contributed by atoms with Crippen molar-refractivity contribution in [2.75, 3.05) is 0 Å². The van der Waals surface area contributed by atoms with E-state index in [0.29, 0.717) is 5.76 Å². The van der Waals surface area contributed by atoms with E-state index >= 15 is 0 Å². The molecule has 0 saturated carbocycles. The summed E-state index contributed by atoms with van der Waals surface area (Å²) < 4.78 is 14.6. The highest BCUT2D eigenvalue weighted by Gasteiger charge is 2.03. The van der Waals surface area contributed by atoms with Gasteiger partial charge in [0.05, 0.1) is 0 Å². The topological polar surface area (TPSA) is 52.6 Å². The smallest absolute Gasteiger partial charge is 0.485 e. The van der Waals surface area contributed by atoms with Gasteiger partial charge in [-0.05, 0) is 18.6 Å². The Morgan fingerprint density at radius 1 is 1.33 bits per heavy atom. The molecule has 4 heteroatoms. The van der Waals surface area contributed by atoms with Crippen LogP contribution in [0.5, 0.6) is 5.75 Å². The molecule has 0 amide bonds.